The molecule has 0 aliphatic rings. The van der Waals surface area contributed by atoms with Gasteiger partial charge in [-0.15, -0.1) is 0 Å². The fourth-order valence-corrected chi connectivity index (χ4v) is 0.822. The van der Waals surface area contributed by atoms with E-state index in [2.05, 4.69) is 9.97 Å². The molecule has 4 heteroatoms. The highest BCUT2D eigenvalue weighted by molar-refractivity contribution is 5.35. The predicted octanol–water partition coefficient (Wildman–Crippen LogP) is 0.614. The number of nitrogens with one attached hydrogen (secondary N) is 1. The Hall–Kier alpha value is -1.32. The Labute approximate surface area is 71.3 Å². The van der Waals surface area contributed by atoms with E-state index in [9.17, 15) is 4.79 Å². The Morgan fingerprint density at radius 1 is 1.58 bits per heavy atom. The summed E-state index contributed by atoms with van der Waals surface area (Å²) in [4.78, 5) is 19.0. The first-order chi connectivity index (χ1) is 5.61. The number of hydrogen-bond acceptors (Lipinski definition) is 3. The maximum absolute atomic E-state index is 10.8. The number of nitrogens with zero attached hydrogens (tertiary/aromatic N) is 2. The minimum Gasteiger partial charge on any atom is -0.357 e. The molecule has 0 aromatic carbocycles. The zero-order valence-electron chi connectivity index (χ0n) is 7.53. The van der Waals surface area contributed by atoms with Crippen molar-refractivity contribution in [2.24, 2.45) is 0 Å². The van der Waals surface area contributed by atoms with E-state index < -0.39 is 0 Å². The van der Waals surface area contributed by atoms with Gasteiger partial charge in [-0.05, 0) is 19.9 Å². The molecule has 0 saturated carbocycles. The van der Waals surface area contributed by atoms with Crippen LogP contribution in [0.5, 0.6) is 0 Å². The number of rotatable bonds is 2. The highest BCUT2D eigenvalue weighted by Gasteiger charge is 2.05. The Morgan fingerprint density at radius 2 is 2.25 bits per heavy atom. The molecule has 0 aliphatic carbocycles. The van der Waals surface area contributed by atoms with Crippen LogP contribution in [0.2, 0.25) is 0 Å². The zero-order chi connectivity index (χ0) is 9.14. The average Bonchev–Trinajstić information content (AvgIpc) is 2.03. The number of aromatic nitrogens is 2. The SMILES string of the molecule is CC(C)N(C)c1cc[nH]c(=O)n1. The van der Waals surface area contributed by atoms with Crippen LogP contribution in [0.1, 0.15) is 13.8 Å². The van der Waals surface area contributed by atoms with E-state index >= 15 is 0 Å². The van der Waals surface area contributed by atoms with E-state index in [1.807, 2.05) is 25.8 Å². The highest BCUT2D eigenvalue weighted by atomic mass is 16.1. The van der Waals surface area contributed by atoms with Crippen molar-refractivity contribution in [3.05, 3.63) is 22.7 Å². The van der Waals surface area contributed by atoms with Crippen molar-refractivity contribution in [1.29, 1.82) is 0 Å². The number of anilines is 1. The van der Waals surface area contributed by atoms with Crippen LogP contribution in [0.15, 0.2) is 17.1 Å². The fourth-order valence-electron chi connectivity index (χ4n) is 0.822. The van der Waals surface area contributed by atoms with Gasteiger partial charge in [-0.2, -0.15) is 4.98 Å². The molecule has 1 aromatic rings. The van der Waals surface area contributed by atoms with Gasteiger partial charge < -0.3 is 9.88 Å². The van der Waals surface area contributed by atoms with Crippen molar-refractivity contribution < 1.29 is 0 Å². The largest absolute Gasteiger partial charge is 0.357 e. The Kier molecular flexibility index (Phi) is 2.47. The van der Waals surface area contributed by atoms with Gasteiger partial charge in [-0.3, -0.25) is 0 Å². The van der Waals surface area contributed by atoms with Crippen LogP contribution in [0.25, 0.3) is 0 Å². The van der Waals surface area contributed by atoms with Gasteiger partial charge in [0, 0.05) is 19.3 Å². The Balaban J connectivity index is 2.95. The van der Waals surface area contributed by atoms with Crippen LogP contribution in [0.4, 0.5) is 5.82 Å². The summed E-state index contributed by atoms with van der Waals surface area (Å²) >= 11 is 0. The van der Waals surface area contributed by atoms with Gasteiger partial charge in [-0.25, -0.2) is 4.79 Å². The van der Waals surface area contributed by atoms with Crippen molar-refractivity contribution in [3.8, 4) is 0 Å². The molecule has 1 N–H and O–H groups in total. The van der Waals surface area contributed by atoms with Gasteiger partial charge in [0.05, 0.1) is 0 Å². The lowest BCUT2D eigenvalue weighted by molar-refractivity contribution is 0.738. The number of H-pyrrole nitrogens is 1. The molecule has 12 heavy (non-hydrogen) atoms. The second-order valence-electron chi connectivity index (χ2n) is 2.96. The number of hydrogen-bond donors (Lipinski definition) is 1. The van der Waals surface area contributed by atoms with Crippen LogP contribution >= 0.6 is 0 Å². The molecule has 0 radical (unpaired) electrons. The van der Waals surface area contributed by atoms with E-state index in [0.717, 1.165) is 0 Å². The first kappa shape index (κ1) is 8.77. The third-order valence-electron chi connectivity index (χ3n) is 1.79. The molecular weight excluding hydrogens is 154 g/mol. The third-order valence-corrected chi connectivity index (χ3v) is 1.79. The average molecular weight is 167 g/mol. The summed E-state index contributed by atoms with van der Waals surface area (Å²) in [5.74, 6) is 0.703. The molecule has 0 aliphatic heterocycles. The van der Waals surface area contributed by atoms with Gasteiger partial charge in [0.1, 0.15) is 5.82 Å². The molecular formula is C8H13N3O. The van der Waals surface area contributed by atoms with Crippen LogP contribution < -0.4 is 10.6 Å². The molecule has 0 amide bonds. The van der Waals surface area contributed by atoms with Gasteiger partial charge in [-0.1, -0.05) is 0 Å². The lowest BCUT2D eigenvalue weighted by Crippen LogP contribution is -2.28. The van der Waals surface area contributed by atoms with Crippen LogP contribution in [0, 0.1) is 0 Å². The normalized spacial score (nSPS) is 10.3. The summed E-state index contributed by atoms with van der Waals surface area (Å²) in [6.45, 7) is 4.09. The van der Waals surface area contributed by atoms with Crippen molar-refractivity contribution in [2.45, 2.75) is 19.9 Å². The molecule has 0 bridgehead atoms. The maximum Gasteiger partial charge on any atom is 0.346 e. The first-order valence-corrected chi connectivity index (χ1v) is 3.90. The van der Waals surface area contributed by atoms with E-state index in [1.54, 1.807) is 12.3 Å². The molecule has 0 saturated heterocycles. The summed E-state index contributed by atoms with van der Waals surface area (Å²) in [5.41, 5.74) is -0.306. The Morgan fingerprint density at radius 3 is 2.75 bits per heavy atom. The van der Waals surface area contributed by atoms with Crippen LogP contribution in [-0.2, 0) is 0 Å². The molecule has 0 unspecified atom stereocenters. The standard InChI is InChI=1S/C8H13N3O/c1-6(2)11(3)7-4-5-9-8(12)10-7/h4-6H,1-3H3,(H,9,10,12). The summed E-state index contributed by atoms with van der Waals surface area (Å²) < 4.78 is 0. The van der Waals surface area contributed by atoms with Crippen LogP contribution in [-0.4, -0.2) is 23.1 Å². The second-order valence-corrected chi connectivity index (χ2v) is 2.96. The maximum atomic E-state index is 10.8. The van der Waals surface area contributed by atoms with Crippen molar-refractivity contribution in [2.75, 3.05) is 11.9 Å². The van der Waals surface area contributed by atoms with E-state index in [-0.39, 0.29) is 5.69 Å². The molecule has 66 valence electrons. The molecule has 0 atom stereocenters. The van der Waals surface area contributed by atoms with Crippen molar-refractivity contribution in [1.82, 2.24) is 9.97 Å². The molecule has 4 nitrogen and oxygen atoms in total. The number of aromatic amines is 1. The Bertz CT molecular complexity index is 305. The van der Waals surface area contributed by atoms with Crippen LogP contribution in [0.3, 0.4) is 0 Å². The second kappa shape index (κ2) is 3.38. The smallest absolute Gasteiger partial charge is 0.346 e. The quantitative estimate of drug-likeness (QED) is 0.702. The predicted molar refractivity (Wildman–Crippen MR) is 48.4 cm³/mol. The summed E-state index contributed by atoms with van der Waals surface area (Å²) in [6, 6.07) is 2.13. The van der Waals surface area contributed by atoms with Gasteiger partial charge in [0.25, 0.3) is 0 Å². The van der Waals surface area contributed by atoms with Gasteiger partial charge in [0.2, 0.25) is 0 Å². The summed E-state index contributed by atoms with van der Waals surface area (Å²) in [5, 5.41) is 0. The molecule has 1 heterocycles. The van der Waals surface area contributed by atoms with Crippen molar-refractivity contribution in [3.63, 3.8) is 0 Å². The molecule has 0 fully saturated rings. The summed E-state index contributed by atoms with van der Waals surface area (Å²) in [6.07, 6.45) is 1.60. The molecule has 1 rings (SSSR count). The molecule has 0 spiro atoms. The topological polar surface area (TPSA) is 49.0 Å². The third kappa shape index (κ3) is 1.84. The summed E-state index contributed by atoms with van der Waals surface area (Å²) in [7, 11) is 1.91. The van der Waals surface area contributed by atoms with E-state index in [1.165, 1.54) is 0 Å². The lowest BCUT2D eigenvalue weighted by Gasteiger charge is -2.21. The zero-order valence-corrected chi connectivity index (χ0v) is 7.53. The monoisotopic (exact) mass is 167 g/mol. The molecule has 1 aromatic heterocycles. The minimum atomic E-state index is -0.306. The minimum absolute atomic E-state index is 0.306. The highest BCUT2D eigenvalue weighted by Crippen LogP contribution is 2.06. The van der Waals surface area contributed by atoms with E-state index in [4.69, 9.17) is 0 Å². The van der Waals surface area contributed by atoms with Gasteiger partial charge in [0.15, 0.2) is 0 Å². The lowest BCUT2D eigenvalue weighted by atomic mass is 10.3. The fraction of sp³-hybridized carbons (Fsp3) is 0.500. The van der Waals surface area contributed by atoms with E-state index in [0.29, 0.717) is 11.9 Å². The first-order valence-electron chi connectivity index (χ1n) is 3.90. The van der Waals surface area contributed by atoms with Gasteiger partial charge >= 0.3 is 5.69 Å². The van der Waals surface area contributed by atoms with Crippen molar-refractivity contribution >= 4 is 5.82 Å².